The van der Waals surface area contributed by atoms with Gasteiger partial charge >= 0.3 is 0 Å². The fraction of sp³-hybridized carbons (Fsp3) is 0.214. The number of aryl methyl sites for hydroxylation is 1. The van der Waals surface area contributed by atoms with Crippen LogP contribution in [-0.2, 0) is 12.8 Å². The zero-order chi connectivity index (χ0) is 12.3. The number of carbonyl (C=O) groups is 1. The number of hydrogen-bond acceptors (Lipinski definition) is 2. The van der Waals surface area contributed by atoms with E-state index < -0.39 is 5.91 Å². The van der Waals surface area contributed by atoms with Gasteiger partial charge in [0.1, 0.15) is 0 Å². The molecule has 17 heavy (non-hydrogen) atoms. The van der Waals surface area contributed by atoms with Crippen LogP contribution in [0.15, 0.2) is 41.0 Å². The molecule has 0 aliphatic rings. The Morgan fingerprint density at radius 2 is 2.06 bits per heavy atom. The van der Waals surface area contributed by atoms with Gasteiger partial charge in [0.15, 0.2) is 5.76 Å². The standard InChI is InChI=1S/C14H15NO2/c1-2-10-4-3-5-11(8-10)9-12-6-7-17-13(12)14(15)16/h3-8H,2,9H2,1H3,(H2,15,16). The van der Waals surface area contributed by atoms with Gasteiger partial charge in [0.2, 0.25) is 0 Å². The van der Waals surface area contributed by atoms with Gasteiger partial charge in [-0.3, -0.25) is 4.79 Å². The molecule has 0 radical (unpaired) electrons. The molecule has 0 saturated heterocycles. The molecule has 0 aliphatic carbocycles. The molecule has 88 valence electrons. The van der Waals surface area contributed by atoms with E-state index in [4.69, 9.17) is 10.2 Å². The molecule has 1 heterocycles. The molecule has 0 bridgehead atoms. The maximum absolute atomic E-state index is 11.1. The predicted octanol–water partition coefficient (Wildman–Crippen LogP) is 2.53. The van der Waals surface area contributed by atoms with Gasteiger partial charge in [0, 0.05) is 12.0 Å². The van der Waals surface area contributed by atoms with Gasteiger partial charge in [-0.1, -0.05) is 31.2 Å². The number of carbonyl (C=O) groups excluding carboxylic acids is 1. The van der Waals surface area contributed by atoms with Crippen LogP contribution in [0, 0.1) is 0 Å². The molecule has 0 unspecified atom stereocenters. The van der Waals surface area contributed by atoms with Crippen molar-refractivity contribution in [2.24, 2.45) is 5.73 Å². The summed E-state index contributed by atoms with van der Waals surface area (Å²) < 4.78 is 5.08. The Morgan fingerprint density at radius 1 is 1.29 bits per heavy atom. The minimum absolute atomic E-state index is 0.256. The summed E-state index contributed by atoms with van der Waals surface area (Å²) >= 11 is 0. The average molecular weight is 229 g/mol. The number of rotatable bonds is 4. The number of primary amides is 1. The van der Waals surface area contributed by atoms with E-state index in [1.165, 1.54) is 11.8 Å². The summed E-state index contributed by atoms with van der Waals surface area (Å²) in [7, 11) is 0. The van der Waals surface area contributed by atoms with Crippen molar-refractivity contribution in [1.29, 1.82) is 0 Å². The zero-order valence-corrected chi connectivity index (χ0v) is 9.77. The Kier molecular flexibility index (Phi) is 3.28. The van der Waals surface area contributed by atoms with Gasteiger partial charge in [-0.15, -0.1) is 0 Å². The van der Waals surface area contributed by atoms with Crippen molar-refractivity contribution in [1.82, 2.24) is 0 Å². The van der Waals surface area contributed by atoms with Crippen molar-refractivity contribution in [2.75, 3.05) is 0 Å². The van der Waals surface area contributed by atoms with E-state index in [1.54, 1.807) is 6.07 Å². The highest BCUT2D eigenvalue weighted by Crippen LogP contribution is 2.16. The highest BCUT2D eigenvalue weighted by Gasteiger charge is 2.12. The number of hydrogen-bond donors (Lipinski definition) is 1. The van der Waals surface area contributed by atoms with Crippen LogP contribution >= 0.6 is 0 Å². The van der Waals surface area contributed by atoms with Crippen LogP contribution in [0.5, 0.6) is 0 Å². The lowest BCUT2D eigenvalue weighted by Crippen LogP contribution is -2.12. The van der Waals surface area contributed by atoms with Gasteiger partial charge < -0.3 is 10.2 Å². The minimum Gasteiger partial charge on any atom is -0.459 e. The third kappa shape index (κ3) is 2.56. The first kappa shape index (κ1) is 11.5. The van der Waals surface area contributed by atoms with E-state index in [-0.39, 0.29) is 5.76 Å². The Morgan fingerprint density at radius 3 is 2.76 bits per heavy atom. The number of amides is 1. The third-order valence-electron chi connectivity index (χ3n) is 2.76. The topological polar surface area (TPSA) is 56.2 Å². The van der Waals surface area contributed by atoms with Crippen LogP contribution < -0.4 is 5.73 Å². The first-order valence-corrected chi connectivity index (χ1v) is 5.64. The van der Waals surface area contributed by atoms with E-state index in [9.17, 15) is 4.79 Å². The summed E-state index contributed by atoms with van der Waals surface area (Å²) in [6, 6.07) is 10.1. The van der Waals surface area contributed by atoms with Crippen LogP contribution in [0.25, 0.3) is 0 Å². The summed E-state index contributed by atoms with van der Waals surface area (Å²) in [5.41, 5.74) is 8.52. The first-order valence-electron chi connectivity index (χ1n) is 5.64. The first-order chi connectivity index (χ1) is 8.20. The smallest absolute Gasteiger partial charge is 0.284 e. The SMILES string of the molecule is CCc1cccc(Cc2ccoc2C(N)=O)c1. The molecular formula is C14H15NO2. The van der Waals surface area contributed by atoms with Crippen LogP contribution in [0.2, 0.25) is 0 Å². The van der Waals surface area contributed by atoms with Crippen molar-refractivity contribution in [2.45, 2.75) is 19.8 Å². The lowest BCUT2D eigenvalue weighted by molar-refractivity contribution is 0.0973. The number of nitrogens with two attached hydrogens (primary N) is 1. The molecule has 0 spiro atoms. The molecule has 0 atom stereocenters. The fourth-order valence-corrected chi connectivity index (χ4v) is 1.87. The molecule has 3 heteroatoms. The van der Waals surface area contributed by atoms with E-state index in [1.807, 2.05) is 12.1 Å². The quantitative estimate of drug-likeness (QED) is 0.875. The molecule has 0 saturated carbocycles. The predicted molar refractivity (Wildman–Crippen MR) is 65.9 cm³/mol. The maximum atomic E-state index is 11.1. The minimum atomic E-state index is -0.517. The third-order valence-corrected chi connectivity index (χ3v) is 2.76. The molecule has 2 rings (SSSR count). The number of furan rings is 1. The summed E-state index contributed by atoms with van der Waals surface area (Å²) in [6.45, 7) is 2.12. The second kappa shape index (κ2) is 4.87. The second-order valence-corrected chi connectivity index (χ2v) is 3.99. The Labute approximate surface area is 100 Å². The van der Waals surface area contributed by atoms with Crippen LogP contribution in [0.3, 0.4) is 0 Å². The normalized spacial score (nSPS) is 10.4. The Hall–Kier alpha value is -2.03. The molecular weight excluding hydrogens is 214 g/mol. The maximum Gasteiger partial charge on any atom is 0.284 e. The molecule has 3 nitrogen and oxygen atoms in total. The van der Waals surface area contributed by atoms with E-state index in [2.05, 4.69) is 19.1 Å². The van der Waals surface area contributed by atoms with E-state index >= 15 is 0 Å². The van der Waals surface area contributed by atoms with Crippen molar-refractivity contribution in [3.63, 3.8) is 0 Å². The van der Waals surface area contributed by atoms with Crippen LogP contribution in [0.4, 0.5) is 0 Å². The van der Waals surface area contributed by atoms with E-state index in [0.717, 1.165) is 17.5 Å². The average Bonchev–Trinajstić information content (AvgIpc) is 2.77. The van der Waals surface area contributed by atoms with Crippen molar-refractivity contribution in [3.8, 4) is 0 Å². The molecule has 2 N–H and O–H groups in total. The summed E-state index contributed by atoms with van der Waals surface area (Å²) in [4.78, 5) is 11.1. The summed E-state index contributed by atoms with van der Waals surface area (Å²) in [6.07, 6.45) is 3.17. The van der Waals surface area contributed by atoms with Crippen molar-refractivity contribution in [3.05, 3.63) is 59.0 Å². The van der Waals surface area contributed by atoms with E-state index in [0.29, 0.717) is 6.42 Å². The lowest BCUT2D eigenvalue weighted by atomic mass is 10.0. The lowest BCUT2D eigenvalue weighted by Gasteiger charge is -2.03. The van der Waals surface area contributed by atoms with Crippen LogP contribution in [-0.4, -0.2) is 5.91 Å². The van der Waals surface area contributed by atoms with Gasteiger partial charge in [0.05, 0.1) is 6.26 Å². The van der Waals surface area contributed by atoms with Crippen LogP contribution in [0.1, 0.15) is 34.2 Å². The van der Waals surface area contributed by atoms with Crippen molar-refractivity contribution >= 4 is 5.91 Å². The summed E-state index contributed by atoms with van der Waals surface area (Å²) in [5, 5.41) is 0. The molecule has 0 fully saturated rings. The molecule has 1 aromatic heterocycles. The molecule has 1 aromatic carbocycles. The Bertz CT molecular complexity index is 529. The van der Waals surface area contributed by atoms with Gasteiger partial charge in [-0.05, 0) is 23.6 Å². The largest absolute Gasteiger partial charge is 0.459 e. The van der Waals surface area contributed by atoms with Gasteiger partial charge in [-0.2, -0.15) is 0 Å². The summed E-state index contributed by atoms with van der Waals surface area (Å²) in [5.74, 6) is -0.261. The second-order valence-electron chi connectivity index (χ2n) is 3.99. The van der Waals surface area contributed by atoms with Gasteiger partial charge in [-0.25, -0.2) is 0 Å². The Balaban J connectivity index is 2.25. The monoisotopic (exact) mass is 229 g/mol. The van der Waals surface area contributed by atoms with Gasteiger partial charge in [0.25, 0.3) is 5.91 Å². The highest BCUT2D eigenvalue weighted by molar-refractivity contribution is 5.91. The van der Waals surface area contributed by atoms with Crippen molar-refractivity contribution < 1.29 is 9.21 Å². The fourth-order valence-electron chi connectivity index (χ4n) is 1.87. The number of benzene rings is 1. The molecule has 0 aliphatic heterocycles. The zero-order valence-electron chi connectivity index (χ0n) is 9.77. The highest BCUT2D eigenvalue weighted by atomic mass is 16.3. The molecule has 1 amide bonds. The molecule has 2 aromatic rings.